The summed E-state index contributed by atoms with van der Waals surface area (Å²) in [6, 6.07) is 5.92. The van der Waals surface area contributed by atoms with Gasteiger partial charge in [-0.3, -0.25) is 0 Å². The van der Waals surface area contributed by atoms with Gasteiger partial charge in [-0.2, -0.15) is 0 Å². The van der Waals surface area contributed by atoms with Gasteiger partial charge in [0.25, 0.3) is 0 Å². The lowest BCUT2D eigenvalue weighted by molar-refractivity contribution is 1.06. The zero-order valence-electron chi connectivity index (χ0n) is 6.50. The number of benzene rings is 1. The number of nitrogen functional groups attached to an aromatic ring is 1. The van der Waals surface area contributed by atoms with Gasteiger partial charge in [0.15, 0.2) is 0 Å². The molecule has 0 amide bonds. The zero-order chi connectivity index (χ0) is 8.27. The minimum atomic E-state index is 0.514. The Morgan fingerprint density at radius 2 is 2.18 bits per heavy atom. The van der Waals surface area contributed by atoms with E-state index in [-0.39, 0.29) is 0 Å². The van der Waals surface area contributed by atoms with Crippen LogP contribution in [0.25, 0.3) is 0 Å². The molecule has 0 saturated heterocycles. The van der Waals surface area contributed by atoms with E-state index in [4.69, 9.17) is 11.5 Å². The summed E-state index contributed by atoms with van der Waals surface area (Å²) >= 11 is 1.70. The van der Waals surface area contributed by atoms with Gasteiger partial charge in [-0.15, -0.1) is 11.8 Å². The van der Waals surface area contributed by atoms with Crippen LogP contribution in [0.4, 0.5) is 5.69 Å². The minimum Gasteiger partial charge on any atom is -0.398 e. The predicted molar refractivity (Wildman–Crippen MR) is 50.5 cm³/mol. The third-order valence-corrected chi connectivity index (χ3v) is 2.30. The fraction of sp³-hybridized carbons (Fsp3) is 0.250. The third kappa shape index (κ3) is 1.88. The Kier molecular flexibility index (Phi) is 2.79. The van der Waals surface area contributed by atoms with E-state index in [1.54, 1.807) is 11.8 Å². The largest absolute Gasteiger partial charge is 0.398 e. The van der Waals surface area contributed by atoms with Gasteiger partial charge < -0.3 is 11.5 Å². The molecule has 0 aliphatic heterocycles. The monoisotopic (exact) mass is 168 g/mol. The maximum absolute atomic E-state index is 5.67. The van der Waals surface area contributed by atoms with Crippen molar-refractivity contribution in [2.24, 2.45) is 5.73 Å². The molecule has 1 aromatic rings. The van der Waals surface area contributed by atoms with Crippen LogP contribution in [0.1, 0.15) is 5.56 Å². The lowest BCUT2D eigenvalue weighted by Gasteiger charge is -2.03. The van der Waals surface area contributed by atoms with E-state index in [2.05, 4.69) is 0 Å². The van der Waals surface area contributed by atoms with Crippen molar-refractivity contribution in [2.45, 2.75) is 11.4 Å². The normalized spacial score (nSPS) is 10.0. The molecule has 11 heavy (non-hydrogen) atoms. The molecule has 0 spiro atoms. The van der Waals surface area contributed by atoms with E-state index in [9.17, 15) is 0 Å². The second kappa shape index (κ2) is 3.64. The highest BCUT2D eigenvalue weighted by molar-refractivity contribution is 7.98. The number of rotatable bonds is 2. The van der Waals surface area contributed by atoms with Gasteiger partial charge in [0, 0.05) is 17.1 Å². The maximum Gasteiger partial charge on any atom is 0.0360 e. The quantitative estimate of drug-likeness (QED) is 0.519. The summed E-state index contributed by atoms with van der Waals surface area (Å²) < 4.78 is 0. The molecule has 0 atom stereocenters. The van der Waals surface area contributed by atoms with Crippen molar-refractivity contribution in [3.63, 3.8) is 0 Å². The fourth-order valence-electron chi connectivity index (χ4n) is 0.886. The maximum atomic E-state index is 5.67. The highest BCUT2D eigenvalue weighted by Gasteiger charge is 1.97. The van der Waals surface area contributed by atoms with Crippen LogP contribution in [0.15, 0.2) is 23.1 Å². The minimum absolute atomic E-state index is 0.514. The average molecular weight is 168 g/mol. The molecule has 0 aromatic heterocycles. The highest BCUT2D eigenvalue weighted by Crippen LogP contribution is 2.20. The molecular weight excluding hydrogens is 156 g/mol. The summed E-state index contributed by atoms with van der Waals surface area (Å²) in [6.07, 6.45) is 2.03. The van der Waals surface area contributed by atoms with Gasteiger partial charge in [-0.05, 0) is 30.0 Å². The first-order chi connectivity index (χ1) is 5.27. The molecule has 0 unspecified atom stereocenters. The Morgan fingerprint density at radius 3 is 2.73 bits per heavy atom. The third-order valence-electron chi connectivity index (χ3n) is 1.57. The standard InChI is InChI=1S/C8H12N2S/c1-11-7-2-3-8(10)6(4-7)5-9/h2-4H,5,9-10H2,1H3. The highest BCUT2D eigenvalue weighted by atomic mass is 32.2. The van der Waals surface area contributed by atoms with Crippen LogP contribution in [-0.4, -0.2) is 6.26 Å². The molecular formula is C8H12N2S. The molecule has 0 aliphatic rings. The molecule has 1 rings (SSSR count). The van der Waals surface area contributed by atoms with Crippen molar-refractivity contribution in [1.29, 1.82) is 0 Å². The summed E-state index contributed by atoms with van der Waals surface area (Å²) in [5.74, 6) is 0. The lowest BCUT2D eigenvalue weighted by Crippen LogP contribution is -2.01. The summed E-state index contributed by atoms with van der Waals surface area (Å²) in [6.45, 7) is 0.514. The summed E-state index contributed by atoms with van der Waals surface area (Å²) in [5, 5.41) is 0. The van der Waals surface area contributed by atoms with Crippen molar-refractivity contribution < 1.29 is 0 Å². The Bertz CT molecular complexity index is 248. The number of thioether (sulfide) groups is 1. The number of hydrogen-bond donors (Lipinski definition) is 2. The van der Waals surface area contributed by atoms with Crippen molar-refractivity contribution >= 4 is 17.4 Å². The van der Waals surface area contributed by atoms with E-state index >= 15 is 0 Å². The van der Waals surface area contributed by atoms with Crippen LogP contribution in [0.2, 0.25) is 0 Å². The van der Waals surface area contributed by atoms with E-state index in [0.29, 0.717) is 6.54 Å². The summed E-state index contributed by atoms with van der Waals surface area (Å²) in [4.78, 5) is 1.21. The van der Waals surface area contributed by atoms with Gasteiger partial charge in [0.2, 0.25) is 0 Å². The van der Waals surface area contributed by atoms with E-state index in [0.717, 1.165) is 11.3 Å². The molecule has 0 bridgehead atoms. The molecule has 0 heterocycles. The first-order valence-electron chi connectivity index (χ1n) is 3.40. The van der Waals surface area contributed by atoms with Crippen LogP contribution in [0, 0.1) is 0 Å². The van der Waals surface area contributed by atoms with Gasteiger partial charge in [-0.1, -0.05) is 0 Å². The Labute approximate surface area is 71.0 Å². The second-order valence-electron chi connectivity index (χ2n) is 2.27. The summed E-state index contributed by atoms with van der Waals surface area (Å²) in [5.41, 5.74) is 13.0. The van der Waals surface area contributed by atoms with Crippen LogP contribution in [0.3, 0.4) is 0 Å². The molecule has 0 saturated carbocycles. The zero-order valence-corrected chi connectivity index (χ0v) is 7.32. The SMILES string of the molecule is CSc1ccc(N)c(CN)c1. The Morgan fingerprint density at radius 1 is 1.45 bits per heavy atom. The lowest BCUT2D eigenvalue weighted by atomic mass is 10.2. The topological polar surface area (TPSA) is 52.0 Å². The van der Waals surface area contributed by atoms with Crippen LogP contribution < -0.4 is 11.5 Å². The Hall–Kier alpha value is -0.670. The van der Waals surface area contributed by atoms with Gasteiger partial charge in [0.1, 0.15) is 0 Å². The molecule has 0 radical (unpaired) electrons. The first-order valence-corrected chi connectivity index (χ1v) is 4.63. The predicted octanol–water partition coefficient (Wildman–Crippen LogP) is 1.45. The number of nitrogens with two attached hydrogens (primary N) is 2. The average Bonchev–Trinajstić information content (AvgIpc) is 2.05. The second-order valence-corrected chi connectivity index (χ2v) is 3.15. The van der Waals surface area contributed by atoms with Crippen LogP contribution in [0.5, 0.6) is 0 Å². The van der Waals surface area contributed by atoms with Crippen molar-refractivity contribution in [3.05, 3.63) is 23.8 Å². The summed E-state index contributed by atoms with van der Waals surface area (Å²) in [7, 11) is 0. The van der Waals surface area contributed by atoms with Gasteiger partial charge >= 0.3 is 0 Å². The van der Waals surface area contributed by atoms with Crippen LogP contribution >= 0.6 is 11.8 Å². The molecule has 4 N–H and O–H groups in total. The number of anilines is 1. The first kappa shape index (κ1) is 8.43. The van der Waals surface area contributed by atoms with Crippen molar-refractivity contribution in [3.8, 4) is 0 Å². The molecule has 0 aliphatic carbocycles. The molecule has 60 valence electrons. The molecule has 0 fully saturated rings. The molecule has 2 nitrogen and oxygen atoms in total. The van der Waals surface area contributed by atoms with E-state index in [1.807, 2.05) is 24.5 Å². The molecule has 1 aromatic carbocycles. The van der Waals surface area contributed by atoms with Crippen molar-refractivity contribution in [2.75, 3.05) is 12.0 Å². The fourth-order valence-corrected chi connectivity index (χ4v) is 1.35. The van der Waals surface area contributed by atoms with Crippen LogP contribution in [-0.2, 0) is 6.54 Å². The van der Waals surface area contributed by atoms with E-state index in [1.165, 1.54) is 4.90 Å². The van der Waals surface area contributed by atoms with Crippen molar-refractivity contribution in [1.82, 2.24) is 0 Å². The molecule has 3 heteroatoms. The smallest absolute Gasteiger partial charge is 0.0360 e. The Balaban J connectivity index is 3.02. The van der Waals surface area contributed by atoms with E-state index < -0.39 is 0 Å². The van der Waals surface area contributed by atoms with Gasteiger partial charge in [0.05, 0.1) is 0 Å². The van der Waals surface area contributed by atoms with Gasteiger partial charge in [-0.25, -0.2) is 0 Å². The number of hydrogen-bond acceptors (Lipinski definition) is 3.